The average Bonchev–Trinajstić information content (AvgIpc) is 2.98. The second-order valence-electron chi connectivity index (χ2n) is 5.85. The first-order valence-electron chi connectivity index (χ1n) is 6.76. The van der Waals surface area contributed by atoms with Gasteiger partial charge in [0.2, 0.25) is 5.92 Å². The van der Waals surface area contributed by atoms with Gasteiger partial charge in [-0.1, -0.05) is 0 Å². The van der Waals surface area contributed by atoms with E-state index < -0.39 is 11.9 Å². The molecule has 0 radical (unpaired) electrons. The van der Waals surface area contributed by atoms with Gasteiger partial charge in [-0.25, -0.2) is 8.78 Å². The fourth-order valence-corrected chi connectivity index (χ4v) is 2.86. The third-order valence-electron chi connectivity index (χ3n) is 3.83. The van der Waals surface area contributed by atoms with Gasteiger partial charge in [0.05, 0.1) is 6.54 Å². The van der Waals surface area contributed by atoms with Crippen molar-refractivity contribution in [2.24, 2.45) is 11.8 Å². The van der Waals surface area contributed by atoms with Crippen molar-refractivity contribution < 1.29 is 18.7 Å². The van der Waals surface area contributed by atoms with Crippen LogP contribution < -0.4 is 0 Å². The lowest BCUT2D eigenvalue weighted by Gasteiger charge is -2.32. The van der Waals surface area contributed by atoms with Crippen LogP contribution in [0, 0.1) is 11.8 Å². The summed E-state index contributed by atoms with van der Waals surface area (Å²) in [5.74, 6) is -2.87. The molecule has 2 fully saturated rings. The fourth-order valence-electron chi connectivity index (χ4n) is 2.86. The van der Waals surface area contributed by atoms with Gasteiger partial charge in [0.25, 0.3) is 0 Å². The predicted molar refractivity (Wildman–Crippen MR) is 63.7 cm³/mol. The minimum absolute atomic E-state index is 0.00887. The Morgan fingerprint density at radius 3 is 2.44 bits per heavy atom. The summed E-state index contributed by atoms with van der Waals surface area (Å²) in [7, 11) is 0. The lowest BCUT2D eigenvalue weighted by atomic mass is 9.86. The molecule has 2 aliphatic rings. The van der Waals surface area contributed by atoms with Crippen LogP contribution in [-0.4, -0.2) is 41.5 Å². The molecular weight excluding hydrogens is 240 g/mol. The number of aliphatic carboxylic acids is 1. The van der Waals surface area contributed by atoms with Crippen LogP contribution in [0.3, 0.4) is 0 Å². The highest BCUT2D eigenvalue weighted by Gasteiger charge is 2.37. The van der Waals surface area contributed by atoms with E-state index in [1.807, 2.05) is 4.90 Å². The Kier molecular flexibility index (Phi) is 4.20. The smallest absolute Gasteiger partial charge is 0.317 e. The summed E-state index contributed by atoms with van der Waals surface area (Å²) in [5, 5.41) is 8.86. The maximum Gasteiger partial charge on any atom is 0.317 e. The molecule has 18 heavy (non-hydrogen) atoms. The van der Waals surface area contributed by atoms with Gasteiger partial charge in [0.15, 0.2) is 0 Å². The number of carboxylic acid groups (broad SMARTS) is 1. The Balaban J connectivity index is 1.84. The highest BCUT2D eigenvalue weighted by molar-refractivity contribution is 5.69. The Bertz CT molecular complexity index is 305. The van der Waals surface area contributed by atoms with Gasteiger partial charge in [-0.2, -0.15) is 0 Å². The molecule has 5 heteroatoms. The summed E-state index contributed by atoms with van der Waals surface area (Å²) in [4.78, 5) is 12.6. The van der Waals surface area contributed by atoms with Gasteiger partial charge in [-0.15, -0.1) is 0 Å². The van der Waals surface area contributed by atoms with Gasteiger partial charge in [0.1, 0.15) is 0 Å². The number of alkyl halides is 2. The van der Waals surface area contributed by atoms with E-state index in [1.165, 1.54) is 0 Å². The minimum Gasteiger partial charge on any atom is -0.480 e. The van der Waals surface area contributed by atoms with Crippen molar-refractivity contribution in [2.45, 2.75) is 44.4 Å². The van der Waals surface area contributed by atoms with E-state index in [0.717, 1.165) is 25.8 Å². The summed E-state index contributed by atoms with van der Waals surface area (Å²) in [6.45, 7) is 1.26. The molecule has 0 aromatic rings. The summed E-state index contributed by atoms with van der Waals surface area (Å²) in [6.07, 6.45) is 3.57. The molecule has 0 aliphatic heterocycles. The van der Waals surface area contributed by atoms with Crippen LogP contribution in [-0.2, 0) is 4.79 Å². The normalized spacial score (nSPS) is 27.4. The van der Waals surface area contributed by atoms with Crippen LogP contribution in [0.25, 0.3) is 0 Å². The van der Waals surface area contributed by atoms with Crippen LogP contribution in [0.2, 0.25) is 0 Å². The molecular formula is C13H21F2NO2. The van der Waals surface area contributed by atoms with Crippen molar-refractivity contribution in [3.63, 3.8) is 0 Å². The Hall–Kier alpha value is -0.710. The molecule has 0 saturated heterocycles. The number of nitrogens with zero attached hydrogens (tertiary/aromatic N) is 1. The number of carbonyl (C=O) groups is 1. The van der Waals surface area contributed by atoms with E-state index in [-0.39, 0.29) is 25.3 Å². The van der Waals surface area contributed by atoms with Crippen LogP contribution in [0.5, 0.6) is 0 Å². The van der Waals surface area contributed by atoms with Crippen molar-refractivity contribution in [2.75, 3.05) is 19.6 Å². The Morgan fingerprint density at radius 2 is 1.89 bits per heavy atom. The standard InChI is InChI=1S/C13H21F2NO2/c14-13(15)5-1-2-11(6-13)8-16(9-12(17)18)7-10-3-4-10/h10-11H,1-9H2,(H,17,18). The quantitative estimate of drug-likeness (QED) is 0.799. The van der Waals surface area contributed by atoms with E-state index in [2.05, 4.69) is 0 Å². The van der Waals surface area contributed by atoms with Crippen molar-refractivity contribution in [3.05, 3.63) is 0 Å². The lowest BCUT2D eigenvalue weighted by molar-refractivity contribution is -0.138. The van der Waals surface area contributed by atoms with Gasteiger partial charge in [0, 0.05) is 25.9 Å². The molecule has 0 aromatic carbocycles. The third-order valence-corrected chi connectivity index (χ3v) is 3.83. The van der Waals surface area contributed by atoms with Crippen LogP contribution in [0.1, 0.15) is 38.5 Å². The average molecular weight is 261 g/mol. The molecule has 0 spiro atoms. The number of hydrogen-bond donors (Lipinski definition) is 1. The first-order valence-corrected chi connectivity index (χ1v) is 6.76. The first-order chi connectivity index (χ1) is 8.44. The van der Waals surface area contributed by atoms with Gasteiger partial charge in [-0.3, -0.25) is 9.69 Å². The van der Waals surface area contributed by atoms with E-state index >= 15 is 0 Å². The van der Waals surface area contributed by atoms with Crippen molar-refractivity contribution in [1.82, 2.24) is 4.90 Å². The third kappa shape index (κ3) is 4.52. The molecule has 0 amide bonds. The highest BCUT2D eigenvalue weighted by atomic mass is 19.3. The molecule has 2 aliphatic carbocycles. The monoisotopic (exact) mass is 261 g/mol. The topological polar surface area (TPSA) is 40.5 Å². The van der Waals surface area contributed by atoms with E-state index in [9.17, 15) is 13.6 Å². The second-order valence-corrected chi connectivity index (χ2v) is 5.85. The molecule has 1 unspecified atom stereocenters. The Labute approximate surface area is 106 Å². The van der Waals surface area contributed by atoms with Crippen LogP contribution >= 0.6 is 0 Å². The zero-order valence-electron chi connectivity index (χ0n) is 10.6. The first kappa shape index (κ1) is 13.7. The zero-order valence-corrected chi connectivity index (χ0v) is 10.6. The van der Waals surface area contributed by atoms with Crippen LogP contribution in [0.15, 0.2) is 0 Å². The molecule has 3 nitrogen and oxygen atoms in total. The Morgan fingerprint density at radius 1 is 1.22 bits per heavy atom. The number of hydrogen-bond acceptors (Lipinski definition) is 2. The largest absolute Gasteiger partial charge is 0.480 e. The molecule has 0 bridgehead atoms. The predicted octanol–water partition coefficient (Wildman–Crippen LogP) is 2.61. The van der Waals surface area contributed by atoms with Crippen molar-refractivity contribution in [3.8, 4) is 0 Å². The highest BCUT2D eigenvalue weighted by Crippen LogP contribution is 2.37. The fraction of sp³-hybridized carbons (Fsp3) is 0.923. The van der Waals surface area contributed by atoms with E-state index in [1.54, 1.807) is 0 Å². The molecule has 2 saturated carbocycles. The summed E-state index contributed by atoms with van der Waals surface area (Å²) in [5.41, 5.74) is 0. The molecule has 0 heterocycles. The molecule has 2 rings (SSSR count). The molecule has 1 N–H and O–H groups in total. The molecule has 0 aromatic heterocycles. The molecule has 1 atom stereocenters. The van der Waals surface area contributed by atoms with Gasteiger partial charge >= 0.3 is 5.97 Å². The van der Waals surface area contributed by atoms with E-state index in [0.29, 0.717) is 18.9 Å². The van der Waals surface area contributed by atoms with E-state index in [4.69, 9.17) is 5.11 Å². The maximum absolute atomic E-state index is 13.3. The second kappa shape index (κ2) is 5.51. The number of halogens is 2. The number of rotatable bonds is 6. The minimum atomic E-state index is -2.54. The van der Waals surface area contributed by atoms with Gasteiger partial charge < -0.3 is 5.11 Å². The van der Waals surface area contributed by atoms with Crippen LogP contribution in [0.4, 0.5) is 8.78 Å². The van der Waals surface area contributed by atoms with Crippen molar-refractivity contribution in [1.29, 1.82) is 0 Å². The number of carboxylic acids is 1. The zero-order chi connectivity index (χ0) is 13.2. The maximum atomic E-state index is 13.3. The summed E-state index contributed by atoms with van der Waals surface area (Å²) >= 11 is 0. The van der Waals surface area contributed by atoms with Crippen molar-refractivity contribution >= 4 is 5.97 Å². The lowest BCUT2D eigenvalue weighted by Crippen LogP contribution is -2.39. The SMILES string of the molecule is O=C(O)CN(CC1CC1)CC1CCCC(F)(F)C1. The van der Waals surface area contributed by atoms with Gasteiger partial charge in [-0.05, 0) is 37.5 Å². The summed E-state index contributed by atoms with van der Waals surface area (Å²) < 4.78 is 26.6. The molecule has 104 valence electrons. The summed E-state index contributed by atoms with van der Waals surface area (Å²) in [6, 6.07) is 0.